The van der Waals surface area contributed by atoms with E-state index in [0.717, 1.165) is 0 Å². The highest BCUT2D eigenvalue weighted by atomic mass is 35.5. The Morgan fingerprint density at radius 1 is 1.55 bits per heavy atom. The summed E-state index contributed by atoms with van der Waals surface area (Å²) in [4.78, 5) is 6.54. The molecule has 0 saturated carbocycles. The molecule has 2 rings (SSSR count). The molecular formula is C7H4ClFN2. The second-order valence-corrected chi connectivity index (χ2v) is 2.56. The van der Waals surface area contributed by atoms with Gasteiger partial charge in [0.25, 0.3) is 0 Å². The van der Waals surface area contributed by atoms with Crippen LogP contribution < -0.4 is 0 Å². The van der Waals surface area contributed by atoms with Crippen molar-refractivity contribution in [2.45, 2.75) is 0 Å². The van der Waals surface area contributed by atoms with Crippen molar-refractivity contribution < 1.29 is 4.39 Å². The Kier molecular flexibility index (Phi) is 1.32. The third-order valence-electron chi connectivity index (χ3n) is 1.47. The number of nitrogens with one attached hydrogen (secondary N) is 1. The lowest BCUT2D eigenvalue weighted by molar-refractivity contribution is 0.639. The van der Waals surface area contributed by atoms with Gasteiger partial charge in [-0.25, -0.2) is 9.37 Å². The van der Waals surface area contributed by atoms with Crippen LogP contribution in [0, 0.1) is 5.82 Å². The number of aromatic amines is 1. The number of nitrogens with zero attached hydrogens (tertiary/aromatic N) is 1. The van der Waals surface area contributed by atoms with Gasteiger partial charge in [-0.1, -0.05) is 11.6 Å². The zero-order valence-corrected chi connectivity index (χ0v) is 6.19. The summed E-state index contributed by atoms with van der Waals surface area (Å²) in [6, 6.07) is 1.56. The lowest BCUT2D eigenvalue weighted by Crippen LogP contribution is -1.75. The van der Waals surface area contributed by atoms with Gasteiger partial charge < -0.3 is 4.98 Å². The molecule has 0 atom stereocenters. The van der Waals surface area contributed by atoms with Crippen LogP contribution in [0.15, 0.2) is 18.5 Å². The summed E-state index contributed by atoms with van der Waals surface area (Å²) in [5.74, 6) is -0.363. The molecule has 0 radical (unpaired) electrons. The van der Waals surface area contributed by atoms with Crippen LogP contribution in [0.4, 0.5) is 4.39 Å². The predicted molar refractivity (Wildman–Crippen MR) is 41.1 cm³/mol. The Labute approximate surface area is 67.0 Å². The maximum Gasteiger partial charge on any atom is 0.151 e. The monoisotopic (exact) mass is 170 g/mol. The largest absolute Gasteiger partial charge is 0.343 e. The number of halogens is 2. The lowest BCUT2D eigenvalue weighted by atomic mass is 10.3. The second-order valence-electron chi connectivity index (χ2n) is 2.15. The average molecular weight is 171 g/mol. The van der Waals surface area contributed by atoms with Crippen LogP contribution in [0.25, 0.3) is 11.0 Å². The summed E-state index contributed by atoms with van der Waals surface area (Å²) < 4.78 is 12.9. The predicted octanol–water partition coefficient (Wildman–Crippen LogP) is 2.36. The van der Waals surface area contributed by atoms with Crippen molar-refractivity contribution in [3.63, 3.8) is 0 Å². The van der Waals surface area contributed by atoms with Gasteiger partial charge in [0.15, 0.2) is 5.82 Å². The normalized spacial score (nSPS) is 10.7. The van der Waals surface area contributed by atoms with Gasteiger partial charge in [-0.05, 0) is 6.07 Å². The quantitative estimate of drug-likeness (QED) is 0.646. The summed E-state index contributed by atoms with van der Waals surface area (Å²) in [5.41, 5.74) is 0.481. The molecule has 0 amide bonds. The van der Waals surface area contributed by atoms with Crippen LogP contribution in [-0.4, -0.2) is 9.97 Å². The molecule has 0 aliphatic heterocycles. The minimum absolute atomic E-state index is 0.356. The number of aromatic nitrogens is 2. The smallest absolute Gasteiger partial charge is 0.151 e. The standard InChI is InChI=1S/C7H4ClFN2/c8-4-1-2-10-7-6(4)5(9)3-11-7/h1-3H,(H,10,11). The molecule has 0 aliphatic carbocycles. The summed E-state index contributed by atoms with van der Waals surface area (Å²) in [5, 5.41) is 0.739. The first-order valence-corrected chi connectivity index (χ1v) is 3.44. The zero-order valence-electron chi connectivity index (χ0n) is 5.44. The molecule has 0 saturated heterocycles. The van der Waals surface area contributed by atoms with Crippen molar-refractivity contribution in [1.82, 2.24) is 9.97 Å². The minimum Gasteiger partial charge on any atom is -0.343 e. The number of pyridine rings is 1. The van der Waals surface area contributed by atoms with Crippen LogP contribution >= 0.6 is 11.6 Å². The highest BCUT2D eigenvalue weighted by Gasteiger charge is 2.06. The fraction of sp³-hybridized carbons (Fsp3) is 0. The van der Waals surface area contributed by atoms with Crippen LogP contribution in [0.1, 0.15) is 0 Å². The van der Waals surface area contributed by atoms with Crippen molar-refractivity contribution in [3.8, 4) is 0 Å². The maximum atomic E-state index is 12.9. The zero-order chi connectivity index (χ0) is 7.84. The van der Waals surface area contributed by atoms with Gasteiger partial charge >= 0.3 is 0 Å². The van der Waals surface area contributed by atoms with Gasteiger partial charge in [0.05, 0.1) is 10.4 Å². The van der Waals surface area contributed by atoms with Crippen LogP contribution in [-0.2, 0) is 0 Å². The van der Waals surface area contributed by atoms with E-state index < -0.39 is 0 Å². The molecule has 1 N–H and O–H groups in total. The molecular weight excluding hydrogens is 167 g/mol. The Balaban J connectivity index is 2.96. The van der Waals surface area contributed by atoms with E-state index in [1.165, 1.54) is 12.4 Å². The third-order valence-corrected chi connectivity index (χ3v) is 1.79. The minimum atomic E-state index is -0.363. The SMILES string of the molecule is Fc1c[nH]c2nccc(Cl)c12. The molecule has 2 heterocycles. The lowest BCUT2D eigenvalue weighted by Gasteiger charge is -1.90. The number of H-pyrrole nitrogens is 1. The van der Waals surface area contributed by atoms with Gasteiger partial charge in [0.2, 0.25) is 0 Å². The molecule has 2 aromatic rings. The highest BCUT2D eigenvalue weighted by Crippen LogP contribution is 2.22. The van der Waals surface area contributed by atoms with E-state index in [9.17, 15) is 4.39 Å². The Hall–Kier alpha value is -1.09. The molecule has 0 bridgehead atoms. The maximum absolute atomic E-state index is 12.9. The van der Waals surface area contributed by atoms with Gasteiger partial charge in [0.1, 0.15) is 5.65 Å². The number of fused-ring (bicyclic) bond motifs is 1. The van der Waals surface area contributed by atoms with Crippen molar-refractivity contribution in [2.75, 3.05) is 0 Å². The molecule has 0 unspecified atom stereocenters. The van der Waals surface area contributed by atoms with E-state index in [0.29, 0.717) is 16.1 Å². The second kappa shape index (κ2) is 2.20. The number of hydrogen-bond acceptors (Lipinski definition) is 1. The van der Waals surface area contributed by atoms with Crippen molar-refractivity contribution in [1.29, 1.82) is 0 Å². The fourth-order valence-corrected chi connectivity index (χ4v) is 1.21. The first-order chi connectivity index (χ1) is 5.29. The van der Waals surface area contributed by atoms with Crippen LogP contribution in [0.2, 0.25) is 5.02 Å². The van der Waals surface area contributed by atoms with Gasteiger partial charge in [-0.15, -0.1) is 0 Å². The van der Waals surface area contributed by atoms with E-state index >= 15 is 0 Å². The van der Waals surface area contributed by atoms with E-state index in [1.54, 1.807) is 6.07 Å². The van der Waals surface area contributed by atoms with Crippen molar-refractivity contribution >= 4 is 22.6 Å². The molecule has 0 aromatic carbocycles. The van der Waals surface area contributed by atoms with E-state index in [1.807, 2.05) is 0 Å². The molecule has 11 heavy (non-hydrogen) atoms. The fourth-order valence-electron chi connectivity index (χ4n) is 0.979. The Bertz CT molecular complexity index is 396. The Morgan fingerprint density at radius 3 is 3.09 bits per heavy atom. The molecule has 2 aromatic heterocycles. The first kappa shape index (κ1) is 6.61. The molecule has 0 spiro atoms. The van der Waals surface area contributed by atoms with Crippen molar-refractivity contribution in [3.05, 3.63) is 29.3 Å². The summed E-state index contributed by atoms with van der Waals surface area (Å²) >= 11 is 5.70. The van der Waals surface area contributed by atoms with Crippen molar-refractivity contribution in [2.24, 2.45) is 0 Å². The molecule has 0 aliphatic rings. The first-order valence-electron chi connectivity index (χ1n) is 3.06. The number of hydrogen-bond donors (Lipinski definition) is 1. The average Bonchev–Trinajstić information content (AvgIpc) is 2.34. The summed E-state index contributed by atoms with van der Waals surface area (Å²) in [6.07, 6.45) is 2.77. The van der Waals surface area contributed by atoms with E-state index in [2.05, 4.69) is 9.97 Å². The molecule has 2 nitrogen and oxygen atoms in total. The number of rotatable bonds is 0. The topological polar surface area (TPSA) is 28.7 Å². The van der Waals surface area contributed by atoms with Crippen LogP contribution in [0.5, 0.6) is 0 Å². The van der Waals surface area contributed by atoms with Gasteiger partial charge in [-0.2, -0.15) is 0 Å². The highest BCUT2D eigenvalue weighted by molar-refractivity contribution is 6.35. The summed E-state index contributed by atoms with van der Waals surface area (Å²) in [7, 11) is 0. The van der Waals surface area contributed by atoms with E-state index in [-0.39, 0.29) is 5.82 Å². The molecule has 56 valence electrons. The van der Waals surface area contributed by atoms with Crippen LogP contribution in [0.3, 0.4) is 0 Å². The Morgan fingerprint density at radius 2 is 2.36 bits per heavy atom. The van der Waals surface area contributed by atoms with Gasteiger partial charge in [0, 0.05) is 12.4 Å². The van der Waals surface area contributed by atoms with E-state index in [4.69, 9.17) is 11.6 Å². The molecule has 4 heteroatoms. The molecule has 0 fully saturated rings. The third kappa shape index (κ3) is 0.886. The summed E-state index contributed by atoms with van der Waals surface area (Å²) in [6.45, 7) is 0. The van der Waals surface area contributed by atoms with Gasteiger partial charge in [-0.3, -0.25) is 0 Å².